The molecule has 0 aromatic heterocycles. The van der Waals surface area contributed by atoms with Crippen molar-refractivity contribution < 1.29 is 14.3 Å². The molecule has 0 radical (unpaired) electrons. The minimum atomic E-state index is -0.336. The first-order chi connectivity index (χ1) is 20.7. The van der Waals surface area contributed by atoms with E-state index in [1.54, 1.807) is 31.1 Å². The molecule has 2 aliphatic rings. The summed E-state index contributed by atoms with van der Waals surface area (Å²) in [5.41, 5.74) is 8.18. The number of allylic oxidation sites excluding steroid dienone is 1. The molecule has 6 nitrogen and oxygen atoms in total. The number of carbonyl (C=O) groups is 2. The molecule has 0 saturated carbocycles. The number of hydrogen-bond donors (Lipinski definition) is 1. The van der Waals surface area contributed by atoms with Crippen molar-refractivity contribution in [3.05, 3.63) is 111 Å². The van der Waals surface area contributed by atoms with Crippen LogP contribution in [0, 0.1) is 0 Å². The number of ether oxygens (including phenoxy) is 1. The fourth-order valence-electron chi connectivity index (χ4n) is 5.90. The minimum Gasteiger partial charge on any atom is -0.465 e. The average molecular weight is 619 g/mol. The summed E-state index contributed by atoms with van der Waals surface area (Å²) in [6.07, 6.45) is 7.22. The van der Waals surface area contributed by atoms with Gasteiger partial charge in [0.25, 0.3) is 0 Å². The summed E-state index contributed by atoms with van der Waals surface area (Å²) >= 11 is 13.0. The van der Waals surface area contributed by atoms with E-state index in [4.69, 9.17) is 27.9 Å². The molecule has 1 fully saturated rings. The number of benzene rings is 3. The topological polar surface area (TPSA) is 61.9 Å². The van der Waals surface area contributed by atoms with Gasteiger partial charge >= 0.3 is 5.97 Å². The first kappa shape index (κ1) is 30.9. The molecule has 1 heterocycles. The Hall–Kier alpha value is -3.58. The zero-order chi connectivity index (χ0) is 30.5. The number of amides is 1. The standard InChI is InChI=1S/C35H37Cl2N3O3/c1-39(2)33(41)8-5-18-40-19-17-28(22-40)38-27-13-9-23(10-14-27)34-29-15-11-25(35(42)43-3)20-24(29)6-4-7-31(34)30-16-12-26(36)21-32(30)37/h5,8-16,20-21,28,38H,4,6-7,17-19,22H2,1-3H3/t28-/m1/s1. The Morgan fingerprint density at radius 2 is 1.79 bits per heavy atom. The van der Waals surface area contributed by atoms with Gasteiger partial charge in [-0.2, -0.15) is 0 Å². The second-order valence-corrected chi connectivity index (χ2v) is 12.1. The summed E-state index contributed by atoms with van der Waals surface area (Å²) < 4.78 is 4.99. The quantitative estimate of drug-likeness (QED) is 0.214. The van der Waals surface area contributed by atoms with Gasteiger partial charge in [0.1, 0.15) is 0 Å². The van der Waals surface area contributed by atoms with Gasteiger partial charge in [-0.15, -0.1) is 0 Å². The summed E-state index contributed by atoms with van der Waals surface area (Å²) in [6.45, 7) is 2.67. The number of likely N-dealkylation sites (tertiary alicyclic amines) is 1. The number of halogens is 2. The smallest absolute Gasteiger partial charge is 0.337 e. The Morgan fingerprint density at radius 1 is 1.02 bits per heavy atom. The second-order valence-electron chi connectivity index (χ2n) is 11.3. The first-order valence-corrected chi connectivity index (χ1v) is 15.4. The van der Waals surface area contributed by atoms with E-state index >= 15 is 0 Å². The summed E-state index contributed by atoms with van der Waals surface area (Å²) in [6, 6.07) is 20.4. The number of rotatable bonds is 8. The Morgan fingerprint density at radius 3 is 2.51 bits per heavy atom. The highest BCUT2D eigenvalue weighted by Gasteiger charge is 2.24. The van der Waals surface area contributed by atoms with Gasteiger partial charge in [-0.05, 0) is 95.5 Å². The molecule has 1 N–H and O–H groups in total. The van der Waals surface area contributed by atoms with Gasteiger partial charge in [-0.3, -0.25) is 9.69 Å². The zero-order valence-electron chi connectivity index (χ0n) is 24.8. The van der Waals surface area contributed by atoms with Gasteiger partial charge in [-0.1, -0.05) is 53.5 Å². The van der Waals surface area contributed by atoms with E-state index < -0.39 is 0 Å². The van der Waals surface area contributed by atoms with Crippen molar-refractivity contribution in [3.8, 4) is 0 Å². The number of anilines is 1. The number of fused-ring (bicyclic) bond motifs is 1. The van der Waals surface area contributed by atoms with E-state index in [0.29, 0.717) is 21.7 Å². The molecule has 0 spiro atoms. The van der Waals surface area contributed by atoms with Crippen molar-refractivity contribution in [2.75, 3.05) is 46.2 Å². The second kappa shape index (κ2) is 13.8. The molecule has 3 aromatic carbocycles. The fourth-order valence-corrected chi connectivity index (χ4v) is 6.43. The number of hydrogen-bond acceptors (Lipinski definition) is 5. The van der Waals surface area contributed by atoms with Crippen molar-refractivity contribution in [1.29, 1.82) is 0 Å². The lowest BCUT2D eigenvalue weighted by Crippen LogP contribution is -2.26. The van der Waals surface area contributed by atoms with Gasteiger partial charge in [-0.25, -0.2) is 4.79 Å². The largest absolute Gasteiger partial charge is 0.465 e. The van der Waals surface area contributed by atoms with E-state index in [-0.39, 0.29) is 11.9 Å². The molecule has 8 heteroatoms. The number of nitrogens with one attached hydrogen (secondary N) is 1. The predicted octanol–water partition coefficient (Wildman–Crippen LogP) is 7.21. The molecular weight excluding hydrogens is 581 g/mol. The third-order valence-electron chi connectivity index (χ3n) is 8.11. The highest BCUT2D eigenvalue weighted by atomic mass is 35.5. The molecule has 1 atom stereocenters. The van der Waals surface area contributed by atoms with Crippen LogP contribution in [0.1, 0.15) is 51.9 Å². The first-order valence-electron chi connectivity index (χ1n) is 14.6. The normalized spacial score (nSPS) is 17.1. The van der Waals surface area contributed by atoms with Crippen LogP contribution in [0.25, 0.3) is 11.1 Å². The summed E-state index contributed by atoms with van der Waals surface area (Å²) in [7, 11) is 4.92. The lowest BCUT2D eigenvalue weighted by Gasteiger charge is -2.19. The number of carbonyl (C=O) groups excluding carboxylic acids is 2. The maximum atomic E-state index is 12.3. The van der Waals surface area contributed by atoms with Gasteiger partial charge in [0.05, 0.1) is 12.7 Å². The number of likely N-dealkylation sites (N-methyl/N-ethyl adjacent to an activating group) is 1. The van der Waals surface area contributed by atoms with Gasteiger partial charge in [0.15, 0.2) is 0 Å². The fraction of sp³-hybridized carbons (Fsp3) is 0.314. The third kappa shape index (κ3) is 7.32. The van der Waals surface area contributed by atoms with Gasteiger partial charge in [0.2, 0.25) is 5.91 Å². The van der Waals surface area contributed by atoms with Gasteiger partial charge in [0, 0.05) is 61.6 Å². The molecule has 0 unspecified atom stereocenters. The van der Waals surface area contributed by atoms with Crippen LogP contribution >= 0.6 is 23.2 Å². The third-order valence-corrected chi connectivity index (χ3v) is 8.66. The van der Waals surface area contributed by atoms with Gasteiger partial charge < -0.3 is 15.0 Å². The van der Waals surface area contributed by atoms with Crippen molar-refractivity contribution >= 4 is 51.9 Å². The summed E-state index contributed by atoms with van der Waals surface area (Å²) in [4.78, 5) is 28.0. The van der Waals surface area contributed by atoms with Crippen molar-refractivity contribution in [2.24, 2.45) is 0 Å². The zero-order valence-corrected chi connectivity index (χ0v) is 26.3. The molecule has 1 amide bonds. The molecule has 1 saturated heterocycles. The highest BCUT2D eigenvalue weighted by Crippen LogP contribution is 2.42. The summed E-state index contributed by atoms with van der Waals surface area (Å²) in [5, 5.41) is 4.92. The monoisotopic (exact) mass is 617 g/mol. The van der Waals surface area contributed by atoms with Crippen LogP contribution in [0.15, 0.2) is 72.8 Å². The van der Waals surface area contributed by atoms with E-state index in [9.17, 15) is 9.59 Å². The van der Waals surface area contributed by atoms with Crippen LogP contribution in [-0.4, -0.2) is 68.6 Å². The maximum absolute atomic E-state index is 12.3. The molecule has 43 heavy (non-hydrogen) atoms. The van der Waals surface area contributed by atoms with Crippen LogP contribution in [0.3, 0.4) is 0 Å². The Bertz CT molecular complexity index is 1560. The molecule has 0 bridgehead atoms. The van der Waals surface area contributed by atoms with E-state index in [1.165, 1.54) is 12.7 Å². The number of methoxy groups -OCH3 is 1. The average Bonchev–Trinajstić information content (AvgIpc) is 3.35. The highest BCUT2D eigenvalue weighted by molar-refractivity contribution is 6.36. The van der Waals surface area contributed by atoms with Crippen molar-refractivity contribution in [2.45, 2.75) is 31.7 Å². The molecule has 1 aliphatic heterocycles. The van der Waals surface area contributed by atoms with Crippen molar-refractivity contribution in [1.82, 2.24) is 9.80 Å². The lowest BCUT2D eigenvalue weighted by molar-refractivity contribution is -0.123. The Balaban J connectivity index is 1.42. The predicted molar refractivity (Wildman–Crippen MR) is 176 cm³/mol. The van der Waals surface area contributed by atoms with Crippen LogP contribution in [0.4, 0.5) is 5.69 Å². The van der Waals surface area contributed by atoms with Crippen molar-refractivity contribution in [3.63, 3.8) is 0 Å². The molecular formula is C35H37Cl2N3O3. The van der Waals surface area contributed by atoms with E-state index in [1.807, 2.05) is 36.4 Å². The molecule has 5 rings (SSSR count). The molecule has 1 aliphatic carbocycles. The van der Waals surface area contributed by atoms with Crippen LogP contribution < -0.4 is 5.32 Å². The lowest BCUT2D eigenvalue weighted by atomic mass is 9.87. The number of nitrogens with zero attached hydrogens (tertiary/aromatic N) is 2. The van der Waals surface area contributed by atoms with Crippen LogP contribution in [0.5, 0.6) is 0 Å². The van der Waals surface area contributed by atoms with E-state index in [2.05, 4.69) is 34.5 Å². The van der Waals surface area contributed by atoms with E-state index in [0.717, 1.165) is 78.8 Å². The Labute approximate surface area is 263 Å². The van der Waals surface area contributed by atoms with Crippen LogP contribution in [0.2, 0.25) is 10.0 Å². The Kier molecular flexibility index (Phi) is 9.91. The SMILES string of the molecule is COC(=O)c1ccc2c(c1)CCCC(c1ccc(Cl)cc1Cl)=C2c1ccc(N[C@@H]2CCN(CC=CC(=O)N(C)C)C2)cc1. The summed E-state index contributed by atoms with van der Waals surface area (Å²) in [5.74, 6) is -0.330. The maximum Gasteiger partial charge on any atom is 0.337 e. The molecule has 224 valence electrons. The number of aryl methyl sites for hydroxylation is 1. The van der Waals surface area contributed by atoms with Crippen LogP contribution in [-0.2, 0) is 16.0 Å². The number of esters is 1. The minimum absolute atomic E-state index is 0.00534. The molecule has 3 aromatic rings.